The molecule has 0 bridgehead atoms. The van der Waals surface area contributed by atoms with Crippen LogP contribution >= 0.6 is 0 Å². The van der Waals surface area contributed by atoms with Crippen molar-refractivity contribution in [3.63, 3.8) is 0 Å². The fraction of sp³-hybridized carbons (Fsp3) is 0.636. The quantitative estimate of drug-likeness (QED) is 0.761. The molecule has 1 rings (SSSR count). The molecule has 1 aromatic heterocycles. The third-order valence-electron chi connectivity index (χ3n) is 2.43. The predicted octanol–water partition coefficient (Wildman–Crippen LogP) is 1.05. The second-order valence-electron chi connectivity index (χ2n) is 3.92. The Labute approximate surface area is 90.5 Å². The van der Waals surface area contributed by atoms with Gasteiger partial charge in [0, 0.05) is 31.9 Å². The number of imidazole rings is 1. The molecule has 1 unspecified atom stereocenters. The van der Waals surface area contributed by atoms with Gasteiger partial charge in [0.2, 0.25) is 0 Å². The zero-order valence-corrected chi connectivity index (χ0v) is 9.44. The number of aryl methyl sites for hydroxylation is 1. The highest BCUT2D eigenvalue weighted by atomic mass is 16.1. The van der Waals surface area contributed by atoms with Crippen LogP contribution in [0.1, 0.15) is 32.0 Å². The first-order valence-electron chi connectivity index (χ1n) is 5.37. The van der Waals surface area contributed by atoms with E-state index in [2.05, 4.69) is 11.9 Å². The van der Waals surface area contributed by atoms with E-state index >= 15 is 0 Å². The van der Waals surface area contributed by atoms with E-state index in [0.29, 0.717) is 12.8 Å². The normalized spacial score (nSPS) is 12.7. The number of nitrogens with zero attached hydrogens (tertiary/aromatic N) is 2. The Hall–Kier alpha value is -1.16. The van der Waals surface area contributed by atoms with Gasteiger partial charge in [-0.1, -0.05) is 13.3 Å². The SMILES string of the molecule is CCCC(N)CC(=O)Cc1nccn1C. The Morgan fingerprint density at radius 2 is 2.40 bits per heavy atom. The molecule has 4 nitrogen and oxygen atoms in total. The molecule has 0 aliphatic rings. The summed E-state index contributed by atoms with van der Waals surface area (Å²) in [5, 5.41) is 0. The molecule has 1 heterocycles. The van der Waals surface area contributed by atoms with Crippen molar-refractivity contribution in [1.29, 1.82) is 0 Å². The van der Waals surface area contributed by atoms with Crippen molar-refractivity contribution >= 4 is 5.78 Å². The average Bonchev–Trinajstić information content (AvgIpc) is 2.52. The number of aromatic nitrogens is 2. The van der Waals surface area contributed by atoms with Crippen LogP contribution in [0.4, 0.5) is 0 Å². The lowest BCUT2D eigenvalue weighted by Crippen LogP contribution is -2.24. The van der Waals surface area contributed by atoms with Gasteiger partial charge in [-0.15, -0.1) is 0 Å². The standard InChI is InChI=1S/C11H19N3O/c1-3-4-9(12)7-10(15)8-11-13-5-6-14(11)2/h5-6,9H,3-4,7-8,12H2,1-2H3. The second kappa shape index (κ2) is 5.66. The van der Waals surface area contributed by atoms with Gasteiger partial charge in [-0.25, -0.2) is 4.98 Å². The summed E-state index contributed by atoms with van der Waals surface area (Å²) in [4.78, 5) is 15.7. The van der Waals surface area contributed by atoms with E-state index < -0.39 is 0 Å². The lowest BCUT2D eigenvalue weighted by Gasteiger charge is -2.08. The number of carbonyl (C=O) groups excluding carboxylic acids is 1. The van der Waals surface area contributed by atoms with E-state index in [9.17, 15) is 4.79 Å². The van der Waals surface area contributed by atoms with Gasteiger partial charge in [-0.05, 0) is 6.42 Å². The number of hydrogen-bond donors (Lipinski definition) is 1. The molecule has 0 amide bonds. The van der Waals surface area contributed by atoms with E-state index in [4.69, 9.17) is 5.73 Å². The van der Waals surface area contributed by atoms with Crippen LogP contribution < -0.4 is 5.73 Å². The molecule has 4 heteroatoms. The molecule has 2 N–H and O–H groups in total. The molecular weight excluding hydrogens is 190 g/mol. The monoisotopic (exact) mass is 209 g/mol. The number of hydrogen-bond acceptors (Lipinski definition) is 3. The van der Waals surface area contributed by atoms with Crippen molar-refractivity contribution in [2.24, 2.45) is 12.8 Å². The molecule has 0 aromatic carbocycles. The van der Waals surface area contributed by atoms with Crippen molar-refractivity contribution < 1.29 is 4.79 Å². The maximum Gasteiger partial charge on any atom is 0.141 e. The highest BCUT2D eigenvalue weighted by Gasteiger charge is 2.11. The largest absolute Gasteiger partial charge is 0.338 e. The van der Waals surface area contributed by atoms with Crippen molar-refractivity contribution in [3.8, 4) is 0 Å². The maximum atomic E-state index is 11.6. The van der Waals surface area contributed by atoms with Crippen molar-refractivity contribution in [2.75, 3.05) is 0 Å². The summed E-state index contributed by atoms with van der Waals surface area (Å²) in [6, 6.07) is 0.00256. The van der Waals surface area contributed by atoms with Crippen LogP contribution in [0.5, 0.6) is 0 Å². The molecule has 0 fully saturated rings. The number of carbonyl (C=O) groups is 1. The molecular formula is C11H19N3O. The fourth-order valence-corrected chi connectivity index (χ4v) is 1.58. The van der Waals surface area contributed by atoms with Crippen LogP contribution in [0.25, 0.3) is 0 Å². The van der Waals surface area contributed by atoms with E-state index in [1.54, 1.807) is 6.20 Å². The first-order chi connectivity index (χ1) is 7.13. The minimum atomic E-state index is 0.00256. The number of Topliss-reactive ketones (excluding diaryl/α,β-unsaturated/α-hetero) is 1. The molecule has 0 radical (unpaired) electrons. The van der Waals surface area contributed by atoms with E-state index in [-0.39, 0.29) is 11.8 Å². The van der Waals surface area contributed by atoms with Gasteiger partial charge >= 0.3 is 0 Å². The molecule has 0 saturated carbocycles. The third-order valence-corrected chi connectivity index (χ3v) is 2.43. The first kappa shape index (κ1) is 11.9. The van der Waals surface area contributed by atoms with Gasteiger partial charge in [-0.2, -0.15) is 0 Å². The molecule has 1 atom stereocenters. The van der Waals surface area contributed by atoms with E-state index in [1.165, 1.54) is 0 Å². The molecule has 1 aromatic rings. The van der Waals surface area contributed by atoms with Gasteiger partial charge in [0.25, 0.3) is 0 Å². The van der Waals surface area contributed by atoms with E-state index in [0.717, 1.165) is 18.7 Å². The van der Waals surface area contributed by atoms with E-state index in [1.807, 2.05) is 17.8 Å². The Morgan fingerprint density at radius 3 is 2.93 bits per heavy atom. The summed E-state index contributed by atoms with van der Waals surface area (Å²) < 4.78 is 1.86. The summed E-state index contributed by atoms with van der Waals surface area (Å²) >= 11 is 0. The van der Waals surface area contributed by atoms with Crippen LogP contribution in [0.15, 0.2) is 12.4 Å². The smallest absolute Gasteiger partial charge is 0.141 e. The van der Waals surface area contributed by atoms with Crippen LogP contribution in [-0.2, 0) is 18.3 Å². The van der Waals surface area contributed by atoms with Crippen molar-refractivity contribution in [1.82, 2.24) is 9.55 Å². The number of nitrogens with two attached hydrogens (primary N) is 1. The second-order valence-corrected chi connectivity index (χ2v) is 3.92. The van der Waals surface area contributed by atoms with Gasteiger partial charge in [0.15, 0.2) is 0 Å². The Morgan fingerprint density at radius 1 is 1.67 bits per heavy atom. The zero-order chi connectivity index (χ0) is 11.3. The predicted molar refractivity (Wildman–Crippen MR) is 59.4 cm³/mol. The summed E-state index contributed by atoms with van der Waals surface area (Å²) in [6.45, 7) is 2.07. The molecule has 84 valence electrons. The topological polar surface area (TPSA) is 60.9 Å². The third kappa shape index (κ3) is 3.83. The van der Waals surface area contributed by atoms with Crippen molar-refractivity contribution in [2.45, 2.75) is 38.6 Å². The zero-order valence-electron chi connectivity index (χ0n) is 9.44. The van der Waals surface area contributed by atoms with Gasteiger partial charge in [0.05, 0.1) is 6.42 Å². The van der Waals surface area contributed by atoms with Crippen LogP contribution in [0.2, 0.25) is 0 Å². The molecule has 0 aliphatic heterocycles. The molecule has 0 aliphatic carbocycles. The first-order valence-corrected chi connectivity index (χ1v) is 5.37. The lowest BCUT2D eigenvalue weighted by atomic mass is 10.0. The molecule has 15 heavy (non-hydrogen) atoms. The van der Waals surface area contributed by atoms with Crippen LogP contribution in [0, 0.1) is 0 Å². The Balaban J connectivity index is 2.40. The van der Waals surface area contributed by atoms with Crippen molar-refractivity contribution in [3.05, 3.63) is 18.2 Å². The van der Waals surface area contributed by atoms with Crippen LogP contribution in [0.3, 0.4) is 0 Å². The lowest BCUT2D eigenvalue weighted by molar-refractivity contribution is -0.118. The summed E-state index contributed by atoms with van der Waals surface area (Å²) in [7, 11) is 1.89. The molecule has 0 saturated heterocycles. The minimum Gasteiger partial charge on any atom is -0.338 e. The molecule has 0 spiro atoms. The maximum absolute atomic E-state index is 11.6. The number of rotatable bonds is 6. The van der Waals surface area contributed by atoms with Gasteiger partial charge < -0.3 is 10.3 Å². The summed E-state index contributed by atoms with van der Waals surface area (Å²) in [5.74, 6) is 0.981. The van der Waals surface area contributed by atoms with Gasteiger partial charge in [-0.3, -0.25) is 4.79 Å². The van der Waals surface area contributed by atoms with Gasteiger partial charge in [0.1, 0.15) is 11.6 Å². The average molecular weight is 209 g/mol. The highest BCUT2D eigenvalue weighted by Crippen LogP contribution is 2.03. The summed E-state index contributed by atoms with van der Waals surface area (Å²) in [6.07, 6.45) is 6.33. The van der Waals surface area contributed by atoms with Crippen LogP contribution in [-0.4, -0.2) is 21.4 Å². The minimum absolute atomic E-state index is 0.00256. The highest BCUT2D eigenvalue weighted by molar-refractivity contribution is 5.80. The fourth-order valence-electron chi connectivity index (χ4n) is 1.58. The Kier molecular flexibility index (Phi) is 4.49. The summed E-state index contributed by atoms with van der Waals surface area (Å²) in [5.41, 5.74) is 5.80. The number of ketones is 1. The Bertz CT molecular complexity index is 319.